The van der Waals surface area contributed by atoms with Gasteiger partial charge in [-0.3, -0.25) is 14.5 Å². The number of hydrogen-bond acceptors (Lipinski definition) is 8. The molecule has 2 heterocycles. The van der Waals surface area contributed by atoms with Crippen molar-refractivity contribution in [1.29, 1.82) is 0 Å². The molecule has 10 heteroatoms. The zero-order valence-electron chi connectivity index (χ0n) is 18.7. The number of nitro groups is 1. The fourth-order valence-corrected chi connectivity index (χ4v) is 4.87. The van der Waals surface area contributed by atoms with E-state index in [-0.39, 0.29) is 29.6 Å². The Morgan fingerprint density at radius 1 is 1.21 bits per heavy atom. The number of esters is 1. The van der Waals surface area contributed by atoms with Crippen molar-refractivity contribution in [2.45, 2.75) is 46.1 Å². The highest BCUT2D eigenvalue weighted by Gasteiger charge is 2.50. The van der Waals surface area contributed by atoms with Crippen LogP contribution in [0.25, 0.3) is 5.69 Å². The first kappa shape index (κ1) is 22.8. The van der Waals surface area contributed by atoms with Crippen LogP contribution in [0.2, 0.25) is 0 Å². The number of piperidine rings is 1. The van der Waals surface area contributed by atoms with Gasteiger partial charge in [0, 0.05) is 26.3 Å². The maximum Gasteiger partial charge on any atom is 0.348 e. The third-order valence-corrected chi connectivity index (χ3v) is 6.67. The molecule has 2 aliphatic rings. The maximum absolute atomic E-state index is 12.6. The third-order valence-electron chi connectivity index (χ3n) is 6.67. The molecule has 0 unspecified atom stereocenters. The number of rotatable bonds is 6. The van der Waals surface area contributed by atoms with Crippen LogP contribution in [-0.2, 0) is 20.9 Å². The highest BCUT2D eigenvalue weighted by molar-refractivity contribution is 6.12. The van der Waals surface area contributed by atoms with E-state index in [0.29, 0.717) is 56.8 Å². The zero-order chi connectivity index (χ0) is 23.8. The number of ketones is 2. The van der Waals surface area contributed by atoms with Gasteiger partial charge in [0.25, 0.3) is 0 Å². The van der Waals surface area contributed by atoms with Gasteiger partial charge in [-0.2, -0.15) is 4.57 Å². The average Bonchev–Trinajstić information content (AvgIpc) is 3.31. The van der Waals surface area contributed by atoms with Crippen LogP contribution in [0.3, 0.4) is 0 Å². The standard InChI is InChI=1S/C23H26N4O6/c1-3-33-22(30)17-5-4-16(12-18(17)26-15(2)24-13-21(26)27(31)32)14-25-10-8-23(9-11-25)19(28)6-7-20(23)29/h4-5,12-13H,3,6-11,14H2,1-2H3. The Balaban J connectivity index is 1.62. The number of likely N-dealkylation sites (tertiary alicyclic amines) is 1. The molecule has 0 amide bonds. The third kappa shape index (κ3) is 4.06. The monoisotopic (exact) mass is 454 g/mol. The number of benzene rings is 1. The number of carbonyl (C=O) groups is 3. The van der Waals surface area contributed by atoms with Gasteiger partial charge in [0.15, 0.2) is 5.82 Å². The molecule has 2 fully saturated rings. The van der Waals surface area contributed by atoms with Crippen molar-refractivity contribution in [2.75, 3.05) is 19.7 Å². The van der Waals surface area contributed by atoms with Gasteiger partial charge in [0.2, 0.25) is 0 Å². The van der Waals surface area contributed by atoms with E-state index in [1.807, 2.05) is 0 Å². The largest absolute Gasteiger partial charge is 0.462 e. The first-order valence-electron chi connectivity index (χ1n) is 11.0. The number of hydrogen-bond donors (Lipinski definition) is 0. The maximum atomic E-state index is 12.6. The first-order chi connectivity index (χ1) is 15.8. The summed E-state index contributed by atoms with van der Waals surface area (Å²) in [5.41, 5.74) is 0.594. The predicted octanol–water partition coefficient (Wildman–Crippen LogP) is 2.78. The highest BCUT2D eigenvalue weighted by Crippen LogP contribution is 2.41. The molecular formula is C23H26N4O6. The van der Waals surface area contributed by atoms with Gasteiger partial charge in [-0.15, -0.1) is 0 Å². The van der Waals surface area contributed by atoms with E-state index in [2.05, 4.69) is 9.88 Å². The zero-order valence-corrected chi connectivity index (χ0v) is 18.7. The molecule has 174 valence electrons. The van der Waals surface area contributed by atoms with Gasteiger partial charge in [-0.1, -0.05) is 6.07 Å². The van der Waals surface area contributed by atoms with E-state index in [4.69, 9.17) is 4.74 Å². The molecule has 1 spiro atoms. The quantitative estimate of drug-likeness (QED) is 0.282. The molecule has 1 aromatic heterocycles. The smallest absolute Gasteiger partial charge is 0.348 e. The minimum atomic E-state index is -0.802. The minimum Gasteiger partial charge on any atom is -0.462 e. The number of imidazole rings is 1. The molecular weight excluding hydrogens is 428 g/mol. The van der Waals surface area contributed by atoms with E-state index in [1.54, 1.807) is 32.0 Å². The highest BCUT2D eigenvalue weighted by atomic mass is 16.6. The van der Waals surface area contributed by atoms with Gasteiger partial charge >= 0.3 is 11.8 Å². The number of carbonyl (C=O) groups excluding carboxylic acids is 3. The summed E-state index contributed by atoms with van der Waals surface area (Å²) in [7, 11) is 0. The lowest BCUT2D eigenvalue weighted by Gasteiger charge is -2.37. The van der Waals surface area contributed by atoms with Crippen LogP contribution in [0, 0.1) is 22.5 Å². The Hall–Kier alpha value is -3.40. The van der Waals surface area contributed by atoms with Crippen LogP contribution in [0.15, 0.2) is 24.4 Å². The lowest BCUT2D eigenvalue weighted by molar-refractivity contribution is -0.391. The van der Waals surface area contributed by atoms with Crippen molar-refractivity contribution in [2.24, 2.45) is 5.41 Å². The van der Waals surface area contributed by atoms with Crippen molar-refractivity contribution in [3.05, 3.63) is 51.5 Å². The molecule has 2 aromatic rings. The molecule has 33 heavy (non-hydrogen) atoms. The second kappa shape index (κ2) is 8.86. The van der Waals surface area contributed by atoms with Crippen LogP contribution in [-0.4, -0.2) is 56.6 Å². The topological polar surface area (TPSA) is 125 Å². The fourth-order valence-electron chi connectivity index (χ4n) is 4.87. The molecule has 1 aliphatic carbocycles. The molecule has 1 aliphatic heterocycles. The van der Waals surface area contributed by atoms with E-state index in [1.165, 1.54) is 4.57 Å². The Morgan fingerprint density at radius 3 is 2.48 bits per heavy atom. The van der Waals surface area contributed by atoms with Crippen molar-refractivity contribution in [3.63, 3.8) is 0 Å². The number of nitrogens with zero attached hydrogens (tertiary/aromatic N) is 4. The van der Waals surface area contributed by atoms with Gasteiger partial charge < -0.3 is 14.9 Å². The molecule has 0 bridgehead atoms. The number of ether oxygens (including phenoxy) is 1. The molecule has 1 saturated carbocycles. The van der Waals surface area contributed by atoms with Gasteiger partial charge in [0.05, 0.1) is 12.0 Å². The van der Waals surface area contributed by atoms with Crippen LogP contribution >= 0.6 is 0 Å². The molecule has 0 radical (unpaired) electrons. The number of aromatic nitrogens is 2. The molecule has 4 rings (SSSR count). The first-order valence-corrected chi connectivity index (χ1v) is 11.0. The van der Waals surface area contributed by atoms with E-state index < -0.39 is 16.3 Å². The Morgan fingerprint density at radius 2 is 1.88 bits per heavy atom. The Labute approximate surface area is 190 Å². The second-order valence-corrected chi connectivity index (χ2v) is 8.53. The van der Waals surface area contributed by atoms with Crippen LogP contribution in [0.1, 0.15) is 54.4 Å². The van der Waals surface area contributed by atoms with E-state index in [9.17, 15) is 24.5 Å². The summed E-state index contributed by atoms with van der Waals surface area (Å²) >= 11 is 0. The summed E-state index contributed by atoms with van der Waals surface area (Å²) in [6.07, 6.45) is 2.90. The molecule has 1 saturated heterocycles. The minimum absolute atomic E-state index is 0.0659. The normalized spacial score (nSPS) is 18.1. The lowest BCUT2D eigenvalue weighted by atomic mass is 9.75. The molecule has 0 N–H and O–H groups in total. The molecule has 10 nitrogen and oxygen atoms in total. The Kier molecular flexibility index (Phi) is 6.11. The molecule has 1 aromatic carbocycles. The fraction of sp³-hybridized carbons (Fsp3) is 0.478. The van der Waals surface area contributed by atoms with E-state index in [0.717, 1.165) is 11.8 Å². The summed E-state index contributed by atoms with van der Waals surface area (Å²) in [5.74, 6) is -0.303. The van der Waals surface area contributed by atoms with Gasteiger partial charge in [0.1, 0.15) is 29.0 Å². The van der Waals surface area contributed by atoms with Gasteiger partial charge in [-0.05, 0) is 55.5 Å². The summed E-state index contributed by atoms with van der Waals surface area (Å²) in [5, 5.41) is 11.6. The van der Waals surface area contributed by atoms with Crippen LogP contribution in [0.4, 0.5) is 5.82 Å². The SMILES string of the molecule is CCOC(=O)c1ccc(CN2CCC3(CC2)C(=O)CCC3=O)cc1-n1c([N+](=O)[O-])cnc1C. The van der Waals surface area contributed by atoms with Crippen molar-refractivity contribution in [3.8, 4) is 5.69 Å². The van der Waals surface area contributed by atoms with Gasteiger partial charge in [-0.25, -0.2) is 9.78 Å². The lowest BCUT2D eigenvalue weighted by Crippen LogP contribution is -2.45. The van der Waals surface area contributed by atoms with Crippen molar-refractivity contribution >= 4 is 23.4 Å². The summed E-state index contributed by atoms with van der Waals surface area (Å²) in [4.78, 5) is 54.4. The van der Waals surface area contributed by atoms with E-state index >= 15 is 0 Å². The van der Waals surface area contributed by atoms with Crippen LogP contribution in [0.5, 0.6) is 0 Å². The van der Waals surface area contributed by atoms with Crippen molar-refractivity contribution < 1.29 is 24.0 Å². The summed E-state index contributed by atoms with van der Waals surface area (Å²) < 4.78 is 6.50. The predicted molar refractivity (Wildman–Crippen MR) is 117 cm³/mol. The van der Waals surface area contributed by atoms with Crippen LogP contribution < -0.4 is 0 Å². The average molecular weight is 454 g/mol. The number of Topliss-reactive ketones (excluding diaryl/α,β-unsaturated/α-hetero) is 2. The number of aryl methyl sites for hydroxylation is 1. The summed E-state index contributed by atoms with van der Waals surface area (Å²) in [6.45, 7) is 5.25. The second-order valence-electron chi connectivity index (χ2n) is 8.53. The summed E-state index contributed by atoms with van der Waals surface area (Å²) in [6, 6.07) is 5.15. The Bertz CT molecular complexity index is 1110. The molecule has 0 atom stereocenters. The van der Waals surface area contributed by atoms with Crippen molar-refractivity contribution in [1.82, 2.24) is 14.5 Å².